The molecule has 0 aliphatic heterocycles. The van der Waals surface area contributed by atoms with E-state index in [-0.39, 0.29) is 0 Å². The highest BCUT2D eigenvalue weighted by Crippen LogP contribution is 2.17. The molecule has 0 radical (unpaired) electrons. The average Bonchev–Trinajstić information content (AvgIpc) is 2.81. The van der Waals surface area contributed by atoms with Gasteiger partial charge in [-0.05, 0) is 18.9 Å². The fourth-order valence-electron chi connectivity index (χ4n) is 2.46. The molecule has 1 aromatic heterocycles. The zero-order chi connectivity index (χ0) is 12.6. The number of hydrogen-bond acceptors (Lipinski definition) is 1. The van der Waals surface area contributed by atoms with Crippen LogP contribution in [0.1, 0.15) is 57.6 Å². The van der Waals surface area contributed by atoms with E-state index in [0.717, 1.165) is 11.9 Å². The van der Waals surface area contributed by atoms with Gasteiger partial charge in [0.15, 0.2) is 0 Å². The predicted octanol–water partition coefficient (Wildman–Crippen LogP) is 4.86. The second-order valence-electron chi connectivity index (χ2n) is 5.09. The molecular weight excluding hydrogens is 220 g/mol. The maximum atomic E-state index is 4.33. The van der Waals surface area contributed by atoms with Gasteiger partial charge in [0.2, 0.25) is 0 Å². The van der Waals surface area contributed by atoms with E-state index in [0.29, 0.717) is 0 Å². The number of rotatable bonds is 8. The van der Waals surface area contributed by atoms with E-state index in [1.165, 1.54) is 56.0 Å². The van der Waals surface area contributed by atoms with Gasteiger partial charge in [-0.3, -0.25) is 5.10 Å². The second kappa shape index (κ2) is 7.20. The summed E-state index contributed by atoms with van der Waals surface area (Å²) in [7, 11) is 0. The Hall–Kier alpha value is -1.31. The third-order valence-corrected chi connectivity index (χ3v) is 3.57. The summed E-state index contributed by atoms with van der Waals surface area (Å²) in [5, 5.41) is 8.80. The second-order valence-corrected chi connectivity index (χ2v) is 5.09. The van der Waals surface area contributed by atoms with Crippen molar-refractivity contribution in [3.8, 4) is 0 Å². The minimum atomic E-state index is 1.09. The Morgan fingerprint density at radius 1 is 0.944 bits per heavy atom. The largest absolute Gasteiger partial charge is 0.281 e. The topological polar surface area (TPSA) is 28.7 Å². The van der Waals surface area contributed by atoms with Crippen molar-refractivity contribution in [1.29, 1.82) is 0 Å². The number of aryl methyl sites for hydroxylation is 1. The molecular formula is C16H24N2. The van der Waals surface area contributed by atoms with Crippen molar-refractivity contribution in [2.45, 2.75) is 58.3 Å². The molecule has 98 valence electrons. The van der Waals surface area contributed by atoms with Gasteiger partial charge in [-0.15, -0.1) is 0 Å². The van der Waals surface area contributed by atoms with E-state index in [9.17, 15) is 0 Å². The van der Waals surface area contributed by atoms with Crippen LogP contribution in [0.4, 0.5) is 0 Å². The molecule has 0 spiro atoms. The Kier molecular flexibility index (Phi) is 5.25. The fourth-order valence-corrected chi connectivity index (χ4v) is 2.46. The minimum absolute atomic E-state index is 1.09. The van der Waals surface area contributed by atoms with E-state index in [1.807, 2.05) is 6.07 Å². The van der Waals surface area contributed by atoms with Gasteiger partial charge in [-0.25, -0.2) is 0 Å². The fraction of sp³-hybridized carbons (Fsp3) is 0.562. The SMILES string of the molecule is CCCCCCCCCc1[nH]nc2ccccc12. The molecule has 0 aliphatic rings. The van der Waals surface area contributed by atoms with Gasteiger partial charge < -0.3 is 0 Å². The first-order chi connectivity index (χ1) is 8.92. The molecule has 0 saturated heterocycles. The summed E-state index contributed by atoms with van der Waals surface area (Å²) in [6, 6.07) is 8.36. The number of fused-ring (bicyclic) bond motifs is 1. The number of benzene rings is 1. The van der Waals surface area contributed by atoms with Crippen LogP contribution in [0.5, 0.6) is 0 Å². The number of unbranched alkanes of at least 4 members (excludes halogenated alkanes) is 6. The molecule has 0 unspecified atom stereocenters. The Balaban J connectivity index is 1.70. The molecule has 1 aromatic carbocycles. The van der Waals surface area contributed by atoms with Gasteiger partial charge >= 0.3 is 0 Å². The summed E-state index contributed by atoms with van der Waals surface area (Å²) in [6.45, 7) is 2.27. The smallest absolute Gasteiger partial charge is 0.0923 e. The monoisotopic (exact) mass is 244 g/mol. The quantitative estimate of drug-likeness (QED) is 0.660. The summed E-state index contributed by atoms with van der Waals surface area (Å²) in [5.74, 6) is 0. The Bertz CT molecular complexity index is 459. The predicted molar refractivity (Wildman–Crippen MR) is 77.8 cm³/mol. The van der Waals surface area contributed by atoms with E-state index in [4.69, 9.17) is 0 Å². The van der Waals surface area contributed by atoms with Crippen LogP contribution in [0.25, 0.3) is 10.9 Å². The lowest BCUT2D eigenvalue weighted by Crippen LogP contribution is -1.87. The number of nitrogens with one attached hydrogen (secondary N) is 1. The maximum absolute atomic E-state index is 4.33. The molecule has 0 bridgehead atoms. The summed E-state index contributed by atoms with van der Waals surface area (Å²) in [4.78, 5) is 0. The van der Waals surface area contributed by atoms with Crippen LogP contribution in [-0.4, -0.2) is 10.2 Å². The zero-order valence-electron chi connectivity index (χ0n) is 11.4. The highest BCUT2D eigenvalue weighted by atomic mass is 15.1. The highest BCUT2D eigenvalue weighted by molar-refractivity contribution is 5.81. The van der Waals surface area contributed by atoms with Gasteiger partial charge in [0, 0.05) is 11.1 Å². The van der Waals surface area contributed by atoms with Crippen LogP contribution in [0.2, 0.25) is 0 Å². The molecule has 0 amide bonds. The number of aromatic nitrogens is 2. The third-order valence-electron chi connectivity index (χ3n) is 3.57. The van der Waals surface area contributed by atoms with Crippen LogP contribution in [0.15, 0.2) is 24.3 Å². The van der Waals surface area contributed by atoms with Crippen molar-refractivity contribution in [3.05, 3.63) is 30.0 Å². The van der Waals surface area contributed by atoms with E-state index in [2.05, 4.69) is 35.3 Å². The zero-order valence-corrected chi connectivity index (χ0v) is 11.4. The first-order valence-electron chi connectivity index (χ1n) is 7.34. The number of para-hydroxylation sites is 1. The normalized spacial score (nSPS) is 11.2. The Labute approximate surface area is 110 Å². The van der Waals surface area contributed by atoms with Crippen molar-refractivity contribution in [2.75, 3.05) is 0 Å². The number of hydrogen-bond donors (Lipinski definition) is 1. The average molecular weight is 244 g/mol. The molecule has 0 aliphatic carbocycles. The van der Waals surface area contributed by atoms with E-state index < -0.39 is 0 Å². The van der Waals surface area contributed by atoms with Crippen LogP contribution < -0.4 is 0 Å². The molecule has 18 heavy (non-hydrogen) atoms. The Morgan fingerprint density at radius 3 is 2.50 bits per heavy atom. The summed E-state index contributed by atoms with van der Waals surface area (Å²) >= 11 is 0. The molecule has 2 rings (SSSR count). The molecule has 2 nitrogen and oxygen atoms in total. The molecule has 0 saturated carbocycles. The molecule has 0 fully saturated rings. The van der Waals surface area contributed by atoms with Crippen molar-refractivity contribution in [3.63, 3.8) is 0 Å². The van der Waals surface area contributed by atoms with Gasteiger partial charge in [-0.2, -0.15) is 5.10 Å². The van der Waals surface area contributed by atoms with Gasteiger partial charge in [0.1, 0.15) is 0 Å². The number of aromatic amines is 1. The van der Waals surface area contributed by atoms with Crippen LogP contribution in [0.3, 0.4) is 0 Å². The Morgan fingerprint density at radius 2 is 1.67 bits per heavy atom. The third kappa shape index (κ3) is 3.59. The molecule has 2 aromatic rings. The lowest BCUT2D eigenvalue weighted by atomic mass is 10.1. The first kappa shape index (κ1) is 13.1. The molecule has 1 heterocycles. The van der Waals surface area contributed by atoms with Crippen LogP contribution in [-0.2, 0) is 6.42 Å². The summed E-state index contributed by atoms with van der Waals surface area (Å²) < 4.78 is 0. The lowest BCUT2D eigenvalue weighted by Gasteiger charge is -2.00. The molecule has 0 atom stereocenters. The van der Waals surface area contributed by atoms with Gasteiger partial charge in [0.25, 0.3) is 0 Å². The van der Waals surface area contributed by atoms with Gasteiger partial charge in [-0.1, -0.05) is 63.6 Å². The molecule has 1 N–H and O–H groups in total. The number of H-pyrrole nitrogens is 1. The van der Waals surface area contributed by atoms with E-state index in [1.54, 1.807) is 0 Å². The standard InChI is InChI=1S/C16H24N2/c1-2-3-4-5-6-7-8-12-15-14-11-9-10-13-16(14)18-17-15/h9-11,13H,2-8,12H2,1H3,(H,17,18). The van der Waals surface area contributed by atoms with Crippen molar-refractivity contribution >= 4 is 10.9 Å². The minimum Gasteiger partial charge on any atom is -0.281 e. The van der Waals surface area contributed by atoms with Crippen molar-refractivity contribution < 1.29 is 0 Å². The van der Waals surface area contributed by atoms with Crippen LogP contribution >= 0.6 is 0 Å². The van der Waals surface area contributed by atoms with Crippen molar-refractivity contribution in [2.24, 2.45) is 0 Å². The summed E-state index contributed by atoms with van der Waals surface area (Å²) in [5.41, 5.74) is 2.40. The lowest BCUT2D eigenvalue weighted by molar-refractivity contribution is 0.587. The summed E-state index contributed by atoms with van der Waals surface area (Å²) in [6.07, 6.45) is 10.7. The first-order valence-corrected chi connectivity index (χ1v) is 7.34. The number of nitrogens with zero attached hydrogens (tertiary/aromatic N) is 1. The highest BCUT2D eigenvalue weighted by Gasteiger charge is 2.03. The maximum Gasteiger partial charge on any atom is 0.0923 e. The van der Waals surface area contributed by atoms with Crippen LogP contribution in [0, 0.1) is 0 Å². The van der Waals surface area contributed by atoms with E-state index >= 15 is 0 Å². The van der Waals surface area contributed by atoms with Gasteiger partial charge in [0.05, 0.1) is 5.52 Å². The molecule has 2 heteroatoms. The van der Waals surface area contributed by atoms with Crippen molar-refractivity contribution in [1.82, 2.24) is 10.2 Å².